The fourth-order valence-electron chi connectivity index (χ4n) is 3.11. The Labute approximate surface area is 189 Å². The second-order valence-corrected chi connectivity index (χ2v) is 7.24. The van der Waals surface area contributed by atoms with E-state index in [9.17, 15) is 27.2 Å². The molecule has 0 fully saturated rings. The van der Waals surface area contributed by atoms with Gasteiger partial charge in [0.05, 0.1) is 22.8 Å². The summed E-state index contributed by atoms with van der Waals surface area (Å²) in [6.07, 6.45) is -3.46. The third-order valence-corrected chi connectivity index (χ3v) is 4.77. The molecule has 7 nitrogen and oxygen atoms in total. The van der Waals surface area contributed by atoms with Crippen LogP contribution in [0.4, 0.5) is 33.7 Å². The third-order valence-electron chi connectivity index (χ3n) is 4.77. The van der Waals surface area contributed by atoms with Crippen LogP contribution in [0.15, 0.2) is 71.8 Å². The molecule has 1 aromatic heterocycles. The van der Waals surface area contributed by atoms with Crippen LogP contribution >= 0.6 is 0 Å². The number of benzene rings is 3. The number of hydrogen-bond donors (Lipinski definition) is 2. The molecule has 4 aromatic rings. The minimum absolute atomic E-state index is 0.218. The fraction of sp³-hybridized carbons (Fsp3) is 0.0870. The number of hydrogen-bond acceptors (Lipinski definition) is 4. The molecule has 2 amide bonds. The summed E-state index contributed by atoms with van der Waals surface area (Å²) < 4.78 is 58.9. The zero-order valence-corrected chi connectivity index (χ0v) is 17.5. The maximum absolute atomic E-state index is 13.4. The van der Waals surface area contributed by atoms with Gasteiger partial charge in [0.15, 0.2) is 0 Å². The predicted octanol–water partition coefficient (Wildman–Crippen LogP) is 5.53. The highest BCUT2D eigenvalue weighted by Crippen LogP contribution is 2.33. The lowest BCUT2D eigenvalue weighted by atomic mass is 10.2. The van der Waals surface area contributed by atoms with Crippen molar-refractivity contribution in [2.45, 2.75) is 6.18 Å². The monoisotopic (exact) mass is 472 g/mol. The van der Waals surface area contributed by atoms with Crippen molar-refractivity contribution in [1.29, 1.82) is 0 Å². The Kier molecular flexibility index (Phi) is 5.93. The van der Waals surface area contributed by atoms with Crippen LogP contribution in [0.3, 0.4) is 0 Å². The Morgan fingerprint density at radius 3 is 2.29 bits per heavy atom. The molecule has 4 rings (SSSR count). The number of rotatable bonds is 4. The largest absolute Gasteiger partial charge is 0.457 e. The van der Waals surface area contributed by atoms with Gasteiger partial charge in [-0.2, -0.15) is 13.2 Å². The number of ether oxygens (including phenoxy) is 1. The molecule has 0 aliphatic carbocycles. The molecule has 0 unspecified atom stereocenters. The third kappa shape index (κ3) is 4.98. The minimum atomic E-state index is -4.89. The number of anilines is 2. The van der Waals surface area contributed by atoms with Gasteiger partial charge in [0.25, 0.3) is 5.56 Å². The number of carbonyl (C=O) groups excluding carboxylic acids is 1. The molecule has 0 radical (unpaired) electrons. The van der Waals surface area contributed by atoms with Crippen molar-refractivity contribution in [3.8, 4) is 11.5 Å². The van der Waals surface area contributed by atoms with Gasteiger partial charge >= 0.3 is 12.2 Å². The van der Waals surface area contributed by atoms with E-state index < -0.39 is 23.6 Å². The van der Waals surface area contributed by atoms with Gasteiger partial charge in [0.1, 0.15) is 17.3 Å². The highest BCUT2D eigenvalue weighted by atomic mass is 19.4. The van der Waals surface area contributed by atoms with Gasteiger partial charge in [0, 0.05) is 18.4 Å². The number of aryl methyl sites for hydroxylation is 1. The van der Waals surface area contributed by atoms with E-state index in [1.54, 1.807) is 37.4 Å². The lowest BCUT2D eigenvalue weighted by molar-refractivity contribution is -0.139. The van der Waals surface area contributed by atoms with E-state index in [1.807, 2.05) is 0 Å². The Hall–Kier alpha value is -4.41. The number of amides is 2. The van der Waals surface area contributed by atoms with Crippen LogP contribution in [-0.2, 0) is 13.2 Å². The van der Waals surface area contributed by atoms with Crippen LogP contribution in [-0.4, -0.2) is 15.6 Å². The lowest BCUT2D eigenvalue weighted by Crippen LogP contribution is -2.20. The predicted molar refractivity (Wildman–Crippen MR) is 118 cm³/mol. The first-order chi connectivity index (χ1) is 16.1. The maximum atomic E-state index is 13.4. The van der Waals surface area contributed by atoms with Crippen molar-refractivity contribution in [2.24, 2.45) is 7.05 Å². The zero-order chi connectivity index (χ0) is 24.5. The second kappa shape index (κ2) is 8.85. The Balaban J connectivity index is 1.42. The van der Waals surface area contributed by atoms with E-state index in [4.69, 9.17) is 4.74 Å². The van der Waals surface area contributed by atoms with Gasteiger partial charge in [-0.1, -0.05) is 0 Å². The van der Waals surface area contributed by atoms with E-state index in [-0.39, 0.29) is 11.2 Å². The van der Waals surface area contributed by atoms with Crippen LogP contribution in [0.1, 0.15) is 5.56 Å². The molecule has 34 heavy (non-hydrogen) atoms. The minimum Gasteiger partial charge on any atom is -0.457 e. The van der Waals surface area contributed by atoms with E-state index in [2.05, 4.69) is 15.6 Å². The Morgan fingerprint density at radius 1 is 0.941 bits per heavy atom. The van der Waals surface area contributed by atoms with Gasteiger partial charge in [-0.05, 0) is 60.7 Å². The van der Waals surface area contributed by atoms with Crippen molar-refractivity contribution in [3.63, 3.8) is 0 Å². The van der Waals surface area contributed by atoms with E-state index in [0.717, 1.165) is 6.07 Å². The van der Waals surface area contributed by atoms with Crippen LogP contribution in [0.5, 0.6) is 11.5 Å². The number of urea groups is 1. The Bertz CT molecular complexity index is 1430. The molecule has 11 heteroatoms. The van der Waals surface area contributed by atoms with Crippen molar-refractivity contribution < 1.29 is 27.1 Å². The van der Waals surface area contributed by atoms with Crippen LogP contribution in [0.25, 0.3) is 10.9 Å². The van der Waals surface area contributed by atoms with Gasteiger partial charge in [-0.3, -0.25) is 4.79 Å². The van der Waals surface area contributed by atoms with Crippen molar-refractivity contribution in [1.82, 2.24) is 9.55 Å². The smallest absolute Gasteiger partial charge is 0.419 e. The maximum Gasteiger partial charge on any atom is 0.419 e. The van der Waals surface area contributed by atoms with Crippen LogP contribution in [0.2, 0.25) is 0 Å². The zero-order valence-electron chi connectivity index (χ0n) is 17.5. The number of fused-ring (bicyclic) bond motifs is 1. The summed E-state index contributed by atoms with van der Waals surface area (Å²) in [5, 5.41) is 5.08. The second-order valence-electron chi connectivity index (χ2n) is 7.24. The molecule has 0 spiro atoms. The van der Waals surface area contributed by atoms with Gasteiger partial charge in [0.2, 0.25) is 0 Å². The van der Waals surface area contributed by atoms with Crippen LogP contribution in [0, 0.1) is 5.82 Å². The quantitative estimate of drug-likeness (QED) is 0.383. The molecule has 1 heterocycles. The molecule has 0 bridgehead atoms. The number of nitrogens with one attached hydrogen (secondary N) is 2. The summed E-state index contributed by atoms with van der Waals surface area (Å²) in [7, 11) is 1.59. The number of aromatic nitrogens is 2. The Morgan fingerprint density at radius 2 is 1.59 bits per heavy atom. The lowest BCUT2D eigenvalue weighted by Gasteiger charge is -2.12. The molecule has 0 atom stereocenters. The first kappa shape index (κ1) is 22.8. The van der Waals surface area contributed by atoms with E-state index >= 15 is 0 Å². The number of halogens is 4. The SMILES string of the molecule is Cn1cnc2ccc(Oc3ccc(NC(=O)Nc4ccc(F)c(C(F)(F)F)c4)cc3)cc2c1=O. The summed E-state index contributed by atoms with van der Waals surface area (Å²) in [6, 6.07) is 12.4. The fourth-order valence-corrected chi connectivity index (χ4v) is 3.11. The molecule has 2 N–H and O–H groups in total. The van der Waals surface area contributed by atoms with Crippen molar-refractivity contribution in [2.75, 3.05) is 10.6 Å². The summed E-state index contributed by atoms with van der Waals surface area (Å²) in [4.78, 5) is 28.5. The van der Waals surface area contributed by atoms with E-state index in [1.165, 1.54) is 23.0 Å². The molecular formula is C23H16F4N4O3. The molecule has 0 saturated carbocycles. The van der Waals surface area contributed by atoms with Crippen molar-refractivity contribution >= 4 is 28.3 Å². The number of alkyl halides is 3. The highest BCUT2D eigenvalue weighted by molar-refractivity contribution is 5.99. The molecule has 174 valence electrons. The molecule has 0 saturated heterocycles. The first-order valence-electron chi connectivity index (χ1n) is 9.78. The number of nitrogens with zero attached hydrogens (tertiary/aromatic N) is 2. The molecule has 3 aromatic carbocycles. The standard InChI is InChI=1S/C23H16F4N4O3/c1-31-12-28-20-9-7-16(11-17(20)21(31)32)34-15-5-2-13(3-6-15)29-22(33)30-14-4-8-19(24)18(10-14)23(25,26)27/h2-12H,1H3,(H2,29,30,33). The number of carbonyl (C=O) groups is 1. The van der Waals surface area contributed by atoms with E-state index in [0.29, 0.717) is 40.2 Å². The highest BCUT2D eigenvalue weighted by Gasteiger charge is 2.34. The summed E-state index contributed by atoms with van der Waals surface area (Å²) in [5.41, 5.74) is -1.05. The van der Waals surface area contributed by atoms with Gasteiger partial charge < -0.3 is 19.9 Å². The first-order valence-corrected chi connectivity index (χ1v) is 9.78. The van der Waals surface area contributed by atoms with Crippen LogP contribution < -0.4 is 20.9 Å². The van der Waals surface area contributed by atoms with Crippen molar-refractivity contribution in [3.05, 3.63) is 88.7 Å². The molecular weight excluding hydrogens is 456 g/mol. The average Bonchev–Trinajstić information content (AvgIpc) is 2.78. The summed E-state index contributed by atoms with van der Waals surface area (Å²) in [5.74, 6) is -0.607. The summed E-state index contributed by atoms with van der Waals surface area (Å²) >= 11 is 0. The average molecular weight is 472 g/mol. The normalized spacial score (nSPS) is 11.3. The topological polar surface area (TPSA) is 85.2 Å². The summed E-state index contributed by atoms with van der Waals surface area (Å²) in [6.45, 7) is 0. The van der Waals surface area contributed by atoms with Gasteiger partial charge in [-0.25, -0.2) is 14.2 Å². The van der Waals surface area contributed by atoms with Gasteiger partial charge in [-0.15, -0.1) is 0 Å². The molecule has 0 aliphatic heterocycles. The molecule has 0 aliphatic rings.